The second-order valence-corrected chi connectivity index (χ2v) is 4.38. The summed E-state index contributed by atoms with van der Waals surface area (Å²) in [6, 6.07) is 1.56. The van der Waals surface area contributed by atoms with E-state index in [-0.39, 0.29) is 23.1 Å². The van der Waals surface area contributed by atoms with E-state index in [1.807, 2.05) is 13.8 Å². The molecule has 0 aliphatic carbocycles. The zero-order valence-electron chi connectivity index (χ0n) is 12.8. The Bertz CT molecular complexity index is 714. The molecule has 0 aromatic heterocycles. The molecule has 128 valence electrons. The van der Waals surface area contributed by atoms with Crippen molar-refractivity contribution in [3.05, 3.63) is 29.3 Å². The fraction of sp³-hybridized carbons (Fsp3) is 0.333. The minimum absolute atomic E-state index is 0.157. The van der Waals surface area contributed by atoms with Crippen LogP contribution in [0, 0.1) is 11.6 Å². The van der Waals surface area contributed by atoms with Crippen molar-refractivity contribution in [1.82, 2.24) is 0 Å². The molecule has 0 heterocycles. The third-order valence-electron chi connectivity index (χ3n) is 2.96. The number of hydrogen-bond acceptors (Lipinski definition) is 5. The van der Waals surface area contributed by atoms with Gasteiger partial charge in [-0.15, -0.1) is 4.39 Å². The summed E-state index contributed by atoms with van der Waals surface area (Å²) in [4.78, 5) is 0. The van der Waals surface area contributed by atoms with Crippen LogP contribution in [0.4, 0.5) is 18.9 Å². The molecule has 0 saturated carbocycles. The van der Waals surface area contributed by atoms with Crippen LogP contribution in [0.1, 0.15) is 26.3 Å². The number of anilines is 1. The molecule has 2 rings (SSSR count). The zero-order valence-corrected chi connectivity index (χ0v) is 12.8. The maximum absolute atomic E-state index is 13.9. The number of rotatable bonds is 3. The van der Waals surface area contributed by atoms with E-state index in [9.17, 15) is 18.3 Å². The number of aromatic hydroxyl groups is 1. The molecule has 0 amide bonds. The minimum atomic E-state index is -4.16. The van der Waals surface area contributed by atoms with Gasteiger partial charge in [-0.2, -0.15) is 0 Å². The highest BCUT2D eigenvalue weighted by Gasteiger charge is 2.30. The Hall–Kier alpha value is -2.19. The summed E-state index contributed by atoms with van der Waals surface area (Å²) in [5.41, 5.74) is 5.60. The van der Waals surface area contributed by atoms with Crippen LogP contribution in [0.2, 0.25) is 0 Å². The van der Waals surface area contributed by atoms with E-state index in [1.54, 1.807) is 6.92 Å². The van der Waals surface area contributed by atoms with E-state index in [4.69, 9.17) is 15.9 Å². The molecule has 23 heavy (non-hydrogen) atoms. The maximum Gasteiger partial charge on any atom is 0.492 e. The van der Waals surface area contributed by atoms with Crippen molar-refractivity contribution in [2.24, 2.45) is 0 Å². The molecule has 0 atom stereocenters. The fourth-order valence-electron chi connectivity index (χ4n) is 2.12. The Morgan fingerprint density at radius 3 is 2.17 bits per heavy atom. The minimum Gasteiger partial charge on any atom is -0.505 e. The van der Waals surface area contributed by atoms with Gasteiger partial charge in [-0.05, 0) is 18.1 Å². The number of ether oxygens (including phenoxy) is 1. The third kappa shape index (κ3) is 3.77. The average molecular weight is 333 g/mol. The largest absolute Gasteiger partial charge is 0.505 e. The molecule has 2 aromatic carbocycles. The summed E-state index contributed by atoms with van der Waals surface area (Å²) in [6.45, 7) is 5.62. The summed E-state index contributed by atoms with van der Waals surface area (Å²) < 4.78 is 44.6. The highest BCUT2D eigenvalue weighted by molar-refractivity contribution is 5.99. The summed E-state index contributed by atoms with van der Waals surface area (Å²) in [7, 11) is 0. The number of halogens is 3. The van der Waals surface area contributed by atoms with Crippen molar-refractivity contribution in [3.63, 3.8) is 0 Å². The molecule has 5 nitrogen and oxygen atoms in total. The normalized spacial score (nSPS) is 11.1. The number of phenols is 1. The van der Waals surface area contributed by atoms with Gasteiger partial charge < -0.3 is 25.8 Å². The number of aliphatic hydroxyl groups is 2. The van der Waals surface area contributed by atoms with Gasteiger partial charge in [-0.1, -0.05) is 20.8 Å². The van der Waals surface area contributed by atoms with E-state index < -0.39 is 34.7 Å². The number of aryl methyl sites for hydroxylation is 1. The van der Waals surface area contributed by atoms with Gasteiger partial charge in [0.1, 0.15) is 11.6 Å². The molecule has 8 heteroatoms. The topological polar surface area (TPSA) is 95.9 Å². The van der Waals surface area contributed by atoms with E-state index >= 15 is 0 Å². The second kappa shape index (κ2) is 6.93. The first-order valence-electron chi connectivity index (χ1n) is 6.90. The molecular formula is C15H18F3NO4. The Labute approximate surface area is 130 Å². The van der Waals surface area contributed by atoms with Crippen molar-refractivity contribution < 1.29 is 33.2 Å². The van der Waals surface area contributed by atoms with Gasteiger partial charge >= 0.3 is 6.23 Å². The van der Waals surface area contributed by atoms with Gasteiger partial charge in [0.2, 0.25) is 0 Å². The predicted octanol–water partition coefficient (Wildman–Crippen LogP) is 2.94. The van der Waals surface area contributed by atoms with Crippen molar-refractivity contribution in [2.45, 2.75) is 33.4 Å². The van der Waals surface area contributed by atoms with E-state index in [0.29, 0.717) is 6.07 Å². The smallest absolute Gasteiger partial charge is 0.492 e. The first-order chi connectivity index (χ1) is 10.7. The van der Waals surface area contributed by atoms with Crippen molar-refractivity contribution in [3.8, 4) is 11.5 Å². The van der Waals surface area contributed by atoms with Crippen molar-refractivity contribution in [2.75, 3.05) is 5.73 Å². The highest BCUT2D eigenvalue weighted by atomic mass is 19.2. The number of benzene rings is 2. The van der Waals surface area contributed by atoms with Gasteiger partial charge in [-0.25, -0.2) is 8.78 Å². The van der Waals surface area contributed by atoms with Crippen LogP contribution in [0.15, 0.2) is 12.1 Å². The average Bonchev–Trinajstić information content (AvgIpc) is 2.47. The van der Waals surface area contributed by atoms with E-state index in [0.717, 1.165) is 0 Å². The number of alkyl halides is 1. The molecule has 2 aromatic rings. The standard InChI is InChI=1S/C13H12F3NO4.C2H6/c1-2-5-3-8(17)11(18)10-6(14)4-7(15)12(9(5)10)21-13(16,19)20;1-2/h3-4,18-20H,2,17H2,1H3;1-2H3. The third-order valence-corrected chi connectivity index (χ3v) is 2.96. The SMILES string of the molecule is CC.CCc1cc(N)c(O)c2c(F)cc(F)c(OC(O)(O)F)c12. The van der Waals surface area contributed by atoms with Crippen LogP contribution in [0.25, 0.3) is 10.8 Å². The number of nitrogen functional groups attached to an aromatic ring is 1. The van der Waals surface area contributed by atoms with Gasteiger partial charge in [0.05, 0.1) is 11.1 Å². The summed E-state index contributed by atoms with van der Waals surface area (Å²) >= 11 is 0. The monoisotopic (exact) mass is 333 g/mol. The lowest BCUT2D eigenvalue weighted by Gasteiger charge is -2.18. The number of fused-ring (bicyclic) bond motifs is 1. The van der Waals surface area contributed by atoms with Gasteiger partial charge in [0.25, 0.3) is 0 Å². The second-order valence-electron chi connectivity index (χ2n) is 4.38. The Kier molecular flexibility index (Phi) is 5.68. The molecule has 5 N–H and O–H groups in total. The molecule has 0 radical (unpaired) electrons. The lowest BCUT2D eigenvalue weighted by atomic mass is 9.99. The van der Waals surface area contributed by atoms with Gasteiger partial charge in [0.15, 0.2) is 11.6 Å². The van der Waals surface area contributed by atoms with E-state index in [2.05, 4.69) is 4.74 Å². The summed E-state index contributed by atoms with van der Waals surface area (Å²) in [6.07, 6.45) is -3.94. The lowest BCUT2D eigenvalue weighted by Crippen LogP contribution is -2.29. The van der Waals surface area contributed by atoms with Crippen LogP contribution in [-0.4, -0.2) is 21.5 Å². The fourth-order valence-corrected chi connectivity index (χ4v) is 2.12. The Morgan fingerprint density at radius 1 is 1.13 bits per heavy atom. The number of hydrogen-bond donors (Lipinski definition) is 4. The van der Waals surface area contributed by atoms with Crippen molar-refractivity contribution in [1.29, 1.82) is 0 Å². The highest BCUT2D eigenvalue weighted by Crippen LogP contribution is 2.42. The van der Waals surface area contributed by atoms with Crippen LogP contribution < -0.4 is 10.5 Å². The predicted molar refractivity (Wildman–Crippen MR) is 79.6 cm³/mol. The molecular weight excluding hydrogens is 315 g/mol. The molecule has 0 fully saturated rings. The molecule has 0 aliphatic heterocycles. The summed E-state index contributed by atoms with van der Waals surface area (Å²) in [5.74, 6) is -4.12. The molecule has 0 spiro atoms. The van der Waals surface area contributed by atoms with Crippen LogP contribution in [0.3, 0.4) is 0 Å². The van der Waals surface area contributed by atoms with Crippen LogP contribution in [0.5, 0.6) is 11.5 Å². The first kappa shape index (κ1) is 18.9. The van der Waals surface area contributed by atoms with E-state index in [1.165, 1.54) is 6.07 Å². The summed E-state index contributed by atoms with van der Waals surface area (Å²) in [5, 5.41) is 26.3. The van der Waals surface area contributed by atoms with Crippen LogP contribution >= 0.6 is 0 Å². The number of nitrogens with two attached hydrogens (primary N) is 1. The maximum atomic E-state index is 13.9. The quantitative estimate of drug-likeness (QED) is 0.393. The first-order valence-corrected chi connectivity index (χ1v) is 6.90. The van der Waals surface area contributed by atoms with Crippen LogP contribution in [-0.2, 0) is 6.42 Å². The molecule has 0 unspecified atom stereocenters. The zero-order chi connectivity index (χ0) is 17.9. The Morgan fingerprint density at radius 2 is 1.70 bits per heavy atom. The van der Waals surface area contributed by atoms with Gasteiger partial charge in [-0.3, -0.25) is 0 Å². The molecule has 0 bridgehead atoms. The van der Waals surface area contributed by atoms with Gasteiger partial charge in [0, 0.05) is 11.5 Å². The van der Waals surface area contributed by atoms with Crippen molar-refractivity contribution >= 4 is 16.5 Å². The molecule has 0 saturated heterocycles. The molecule has 0 aliphatic rings. The number of phenolic OH excluding ortho intramolecular Hbond substituents is 1. The Balaban J connectivity index is 0.00000127. The lowest BCUT2D eigenvalue weighted by molar-refractivity contribution is -0.375.